The van der Waals surface area contributed by atoms with E-state index in [2.05, 4.69) is 0 Å². The van der Waals surface area contributed by atoms with Crippen LogP contribution in [0.2, 0.25) is 0 Å². The lowest BCUT2D eigenvalue weighted by Crippen LogP contribution is -2.32. The van der Waals surface area contributed by atoms with Crippen LogP contribution in [0.4, 0.5) is 0 Å². The highest BCUT2D eigenvalue weighted by Crippen LogP contribution is 2.12. The fraction of sp³-hybridized carbons (Fsp3) is 0.500. The third kappa shape index (κ3) is 1.21. The number of hydrogen-bond donors (Lipinski definition) is 1. The summed E-state index contributed by atoms with van der Waals surface area (Å²) in [6.07, 6.45) is 5.37. The quantitative estimate of drug-likeness (QED) is 0.588. The van der Waals surface area contributed by atoms with E-state index in [0.29, 0.717) is 0 Å². The molecule has 0 radical (unpaired) electrons. The van der Waals surface area contributed by atoms with Gasteiger partial charge in [-0.1, -0.05) is 6.08 Å². The van der Waals surface area contributed by atoms with Gasteiger partial charge in [0.1, 0.15) is 6.23 Å². The van der Waals surface area contributed by atoms with Gasteiger partial charge in [0.05, 0.1) is 0 Å². The molecule has 0 aromatic carbocycles. The molecule has 0 aromatic heterocycles. The highest BCUT2D eigenvalue weighted by atomic mass is 16.3. The van der Waals surface area contributed by atoms with Gasteiger partial charge in [0.25, 0.3) is 0 Å². The molecule has 1 N–H and O–H groups in total. The predicted octanol–water partition coefficient (Wildman–Crippen LogP) is 1.10. The molecule has 1 heterocycles. The van der Waals surface area contributed by atoms with E-state index in [1.54, 1.807) is 0 Å². The molecule has 1 atom stereocenters. The molecule has 1 rings (SSSR count). The van der Waals surface area contributed by atoms with Crippen LogP contribution in [-0.4, -0.2) is 22.8 Å². The summed E-state index contributed by atoms with van der Waals surface area (Å²) in [6, 6.07) is 0. The van der Waals surface area contributed by atoms with E-state index in [1.807, 2.05) is 37.1 Å². The van der Waals surface area contributed by atoms with Crippen molar-refractivity contribution >= 4 is 0 Å². The minimum atomic E-state index is -0.407. The van der Waals surface area contributed by atoms with Crippen molar-refractivity contribution in [2.45, 2.75) is 20.1 Å². The van der Waals surface area contributed by atoms with Crippen LogP contribution in [0.15, 0.2) is 23.9 Å². The second-order valence-corrected chi connectivity index (χ2v) is 2.46. The number of allylic oxidation sites excluding steroid dienone is 2. The molecule has 0 aliphatic carbocycles. The third-order valence-corrected chi connectivity index (χ3v) is 1.72. The molecule has 10 heavy (non-hydrogen) atoms. The topological polar surface area (TPSA) is 23.5 Å². The van der Waals surface area contributed by atoms with E-state index in [-0.39, 0.29) is 0 Å². The second-order valence-electron chi connectivity index (χ2n) is 2.46. The van der Waals surface area contributed by atoms with Gasteiger partial charge in [0.15, 0.2) is 0 Å². The zero-order chi connectivity index (χ0) is 7.56. The number of likely N-dealkylation sites (N-methyl/N-ethyl adjacent to an activating group) is 1. The van der Waals surface area contributed by atoms with E-state index < -0.39 is 6.23 Å². The van der Waals surface area contributed by atoms with Gasteiger partial charge in [-0.15, -0.1) is 0 Å². The fourth-order valence-electron chi connectivity index (χ4n) is 1.01. The zero-order valence-corrected chi connectivity index (χ0v) is 6.41. The van der Waals surface area contributed by atoms with Crippen molar-refractivity contribution in [1.82, 2.24) is 4.90 Å². The molecule has 2 nitrogen and oxygen atoms in total. The highest BCUT2D eigenvalue weighted by Gasteiger charge is 2.13. The molecule has 1 unspecified atom stereocenters. The fourth-order valence-corrected chi connectivity index (χ4v) is 1.01. The van der Waals surface area contributed by atoms with Gasteiger partial charge in [-0.3, -0.25) is 0 Å². The molecule has 0 aromatic rings. The number of aliphatic hydroxyl groups is 1. The first-order valence-corrected chi connectivity index (χ1v) is 3.54. The highest BCUT2D eigenvalue weighted by molar-refractivity contribution is 5.18. The van der Waals surface area contributed by atoms with E-state index >= 15 is 0 Å². The van der Waals surface area contributed by atoms with Crippen LogP contribution < -0.4 is 0 Å². The molecule has 0 spiro atoms. The molecular weight excluding hydrogens is 126 g/mol. The van der Waals surface area contributed by atoms with Crippen molar-refractivity contribution in [3.05, 3.63) is 23.9 Å². The van der Waals surface area contributed by atoms with Crippen LogP contribution in [0.3, 0.4) is 0 Å². The molecule has 1 aliphatic heterocycles. The lowest BCUT2D eigenvalue weighted by Gasteiger charge is -2.27. The first kappa shape index (κ1) is 7.35. The van der Waals surface area contributed by atoms with E-state index in [0.717, 1.165) is 12.1 Å². The Hall–Kier alpha value is -0.760. The molecule has 0 amide bonds. The van der Waals surface area contributed by atoms with E-state index in [1.165, 1.54) is 0 Å². The van der Waals surface area contributed by atoms with Gasteiger partial charge in [-0.05, 0) is 25.5 Å². The summed E-state index contributed by atoms with van der Waals surface area (Å²) < 4.78 is 0. The second kappa shape index (κ2) is 2.88. The van der Waals surface area contributed by atoms with Crippen molar-refractivity contribution in [2.75, 3.05) is 6.54 Å². The monoisotopic (exact) mass is 139 g/mol. The largest absolute Gasteiger partial charge is 0.370 e. The minimum absolute atomic E-state index is 0.407. The standard InChI is InChI=1S/C8H13NO/c1-3-9-6-4-5-7(2)8(9)10/h4-6,8,10H,3H2,1-2H3. The van der Waals surface area contributed by atoms with Gasteiger partial charge in [-0.2, -0.15) is 0 Å². The molecule has 0 saturated heterocycles. The van der Waals surface area contributed by atoms with Gasteiger partial charge in [0, 0.05) is 12.7 Å². The molecule has 56 valence electrons. The minimum Gasteiger partial charge on any atom is -0.370 e. The SMILES string of the molecule is CCN1C=CC=C(C)C1O. The Morgan fingerprint density at radius 2 is 2.40 bits per heavy atom. The Balaban J connectivity index is 2.68. The molecule has 1 aliphatic rings. The lowest BCUT2D eigenvalue weighted by atomic mass is 10.2. The van der Waals surface area contributed by atoms with E-state index in [4.69, 9.17) is 0 Å². The Morgan fingerprint density at radius 1 is 1.70 bits per heavy atom. The van der Waals surface area contributed by atoms with Gasteiger partial charge in [0.2, 0.25) is 0 Å². The number of aliphatic hydroxyl groups excluding tert-OH is 1. The van der Waals surface area contributed by atoms with Crippen LogP contribution in [0.1, 0.15) is 13.8 Å². The summed E-state index contributed by atoms with van der Waals surface area (Å²) in [5, 5.41) is 9.44. The molecule has 0 saturated carbocycles. The summed E-state index contributed by atoms with van der Waals surface area (Å²) in [5.41, 5.74) is 1.00. The van der Waals surface area contributed by atoms with Crippen molar-refractivity contribution < 1.29 is 5.11 Å². The number of hydrogen-bond acceptors (Lipinski definition) is 2. The Labute approximate surface area is 61.5 Å². The Bertz CT molecular complexity index is 172. The van der Waals surface area contributed by atoms with E-state index in [9.17, 15) is 5.11 Å². The summed E-state index contributed by atoms with van der Waals surface area (Å²) in [7, 11) is 0. The maximum absolute atomic E-state index is 9.44. The first-order chi connectivity index (χ1) is 4.75. The lowest BCUT2D eigenvalue weighted by molar-refractivity contribution is 0.0710. The number of rotatable bonds is 1. The van der Waals surface area contributed by atoms with Crippen molar-refractivity contribution in [3.8, 4) is 0 Å². The van der Waals surface area contributed by atoms with Gasteiger partial charge >= 0.3 is 0 Å². The summed E-state index contributed by atoms with van der Waals surface area (Å²) in [4.78, 5) is 1.88. The molecule has 0 bridgehead atoms. The molecular formula is C8H13NO. The number of nitrogens with zero attached hydrogens (tertiary/aromatic N) is 1. The average molecular weight is 139 g/mol. The molecule has 2 heteroatoms. The average Bonchev–Trinajstić information content (AvgIpc) is 1.95. The summed E-state index contributed by atoms with van der Waals surface area (Å²) in [6.45, 7) is 4.80. The van der Waals surface area contributed by atoms with Gasteiger partial charge < -0.3 is 10.0 Å². The Morgan fingerprint density at radius 3 is 2.90 bits per heavy atom. The maximum atomic E-state index is 9.44. The Kier molecular flexibility index (Phi) is 2.12. The van der Waals surface area contributed by atoms with Crippen LogP contribution >= 0.6 is 0 Å². The van der Waals surface area contributed by atoms with Gasteiger partial charge in [-0.25, -0.2) is 0 Å². The normalized spacial score (nSPS) is 24.9. The smallest absolute Gasteiger partial charge is 0.148 e. The van der Waals surface area contributed by atoms with Crippen LogP contribution in [0.5, 0.6) is 0 Å². The zero-order valence-electron chi connectivity index (χ0n) is 6.41. The molecule has 0 fully saturated rings. The first-order valence-electron chi connectivity index (χ1n) is 3.54. The predicted molar refractivity (Wildman–Crippen MR) is 41.3 cm³/mol. The maximum Gasteiger partial charge on any atom is 0.148 e. The third-order valence-electron chi connectivity index (χ3n) is 1.72. The van der Waals surface area contributed by atoms with Crippen molar-refractivity contribution in [1.29, 1.82) is 0 Å². The van der Waals surface area contributed by atoms with Crippen LogP contribution in [-0.2, 0) is 0 Å². The van der Waals surface area contributed by atoms with Crippen LogP contribution in [0.25, 0.3) is 0 Å². The summed E-state index contributed by atoms with van der Waals surface area (Å²) >= 11 is 0. The summed E-state index contributed by atoms with van der Waals surface area (Å²) in [5.74, 6) is 0. The van der Waals surface area contributed by atoms with Crippen molar-refractivity contribution in [3.63, 3.8) is 0 Å². The van der Waals surface area contributed by atoms with Crippen LogP contribution in [0, 0.1) is 0 Å². The van der Waals surface area contributed by atoms with Crippen molar-refractivity contribution in [2.24, 2.45) is 0 Å².